The molecule has 2 aromatic carbocycles. The molecule has 0 saturated carbocycles. The highest BCUT2D eigenvalue weighted by Crippen LogP contribution is 2.33. The average molecular weight is 427 g/mol. The summed E-state index contributed by atoms with van der Waals surface area (Å²) in [6, 6.07) is 10.3. The number of hydrogen-bond donors (Lipinski definition) is 2. The number of carbonyl (C=O) groups excluding carboxylic acids is 1. The van der Waals surface area contributed by atoms with Gasteiger partial charge in [0.2, 0.25) is 0 Å². The summed E-state index contributed by atoms with van der Waals surface area (Å²) in [5.41, 5.74) is 4.21. The largest absolute Gasteiger partial charge is 0.434 e. The maximum absolute atomic E-state index is 13.5. The number of alkyl halides is 3. The predicted molar refractivity (Wildman–Crippen MR) is 101 cm³/mol. The van der Waals surface area contributed by atoms with E-state index in [1.54, 1.807) is 12.1 Å². The molecule has 0 bridgehead atoms. The van der Waals surface area contributed by atoms with Crippen LogP contribution in [0.3, 0.4) is 0 Å². The van der Waals surface area contributed by atoms with E-state index in [1.165, 1.54) is 30.3 Å². The van der Waals surface area contributed by atoms with Gasteiger partial charge in [0, 0.05) is 33.2 Å². The van der Waals surface area contributed by atoms with Crippen LogP contribution in [0, 0.1) is 0 Å². The van der Waals surface area contributed by atoms with Crippen molar-refractivity contribution in [2.45, 2.75) is 6.18 Å². The second kappa shape index (κ2) is 7.65. The molecule has 0 radical (unpaired) electrons. The molecule has 3 rings (SSSR count). The number of carbonyl (C=O) groups is 1. The standard InChI is InChI=1S/C18H11Cl2F3N4O/c19-9-5-10(20)7-11(6-9)26-17(28)13-8-25-16(27-15(13)18(21,22)23)12-3-1-2-4-14(12)24/h1-8H,24H2,(H,26,28). The molecular formula is C18H11Cl2F3N4O. The molecule has 0 spiro atoms. The minimum atomic E-state index is -4.89. The van der Waals surface area contributed by atoms with Crippen molar-refractivity contribution in [1.82, 2.24) is 9.97 Å². The maximum atomic E-state index is 13.5. The molecule has 3 aromatic rings. The zero-order chi connectivity index (χ0) is 20.5. The van der Waals surface area contributed by atoms with Gasteiger partial charge < -0.3 is 11.1 Å². The van der Waals surface area contributed by atoms with E-state index in [4.69, 9.17) is 28.9 Å². The van der Waals surface area contributed by atoms with Crippen LogP contribution in [-0.4, -0.2) is 15.9 Å². The van der Waals surface area contributed by atoms with E-state index in [-0.39, 0.29) is 32.8 Å². The van der Waals surface area contributed by atoms with Crippen LogP contribution in [0.4, 0.5) is 24.5 Å². The highest BCUT2D eigenvalue weighted by molar-refractivity contribution is 6.35. The molecule has 1 amide bonds. The Morgan fingerprint density at radius 3 is 2.32 bits per heavy atom. The third kappa shape index (κ3) is 4.35. The van der Waals surface area contributed by atoms with Crippen molar-refractivity contribution in [2.75, 3.05) is 11.1 Å². The van der Waals surface area contributed by atoms with Gasteiger partial charge in [-0.2, -0.15) is 13.2 Å². The monoisotopic (exact) mass is 426 g/mol. The maximum Gasteiger partial charge on any atom is 0.434 e. The fourth-order valence-corrected chi connectivity index (χ4v) is 2.94. The van der Waals surface area contributed by atoms with Crippen molar-refractivity contribution in [3.63, 3.8) is 0 Å². The topological polar surface area (TPSA) is 80.9 Å². The Kier molecular flexibility index (Phi) is 5.44. The Balaban J connectivity index is 2.03. The van der Waals surface area contributed by atoms with Crippen LogP contribution in [0.1, 0.15) is 16.1 Å². The first-order chi connectivity index (χ1) is 13.1. The minimum Gasteiger partial charge on any atom is -0.398 e. The second-order valence-corrected chi connectivity index (χ2v) is 6.53. The van der Waals surface area contributed by atoms with E-state index in [0.717, 1.165) is 6.20 Å². The van der Waals surface area contributed by atoms with E-state index in [1.807, 2.05) is 0 Å². The van der Waals surface area contributed by atoms with Crippen molar-refractivity contribution < 1.29 is 18.0 Å². The zero-order valence-electron chi connectivity index (χ0n) is 13.9. The van der Waals surface area contributed by atoms with Crippen molar-refractivity contribution in [2.24, 2.45) is 0 Å². The van der Waals surface area contributed by atoms with Gasteiger partial charge in [0.1, 0.15) is 0 Å². The summed E-state index contributed by atoms with van der Waals surface area (Å²) in [4.78, 5) is 19.8. The molecule has 0 aliphatic heterocycles. The van der Waals surface area contributed by atoms with Crippen molar-refractivity contribution in [1.29, 1.82) is 0 Å². The Morgan fingerprint density at radius 1 is 1.07 bits per heavy atom. The molecule has 3 N–H and O–H groups in total. The molecule has 10 heteroatoms. The van der Waals surface area contributed by atoms with Gasteiger partial charge in [0.25, 0.3) is 5.91 Å². The Morgan fingerprint density at radius 2 is 1.71 bits per heavy atom. The lowest BCUT2D eigenvalue weighted by Gasteiger charge is -2.14. The summed E-state index contributed by atoms with van der Waals surface area (Å²) >= 11 is 11.7. The smallest absolute Gasteiger partial charge is 0.398 e. The van der Waals surface area contributed by atoms with E-state index < -0.39 is 23.3 Å². The number of hydrogen-bond acceptors (Lipinski definition) is 4. The van der Waals surface area contributed by atoms with Gasteiger partial charge in [-0.3, -0.25) is 4.79 Å². The van der Waals surface area contributed by atoms with Gasteiger partial charge in [-0.25, -0.2) is 9.97 Å². The van der Waals surface area contributed by atoms with Crippen LogP contribution in [0.15, 0.2) is 48.7 Å². The predicted octanol–water partition coefficient (Wildman–Crippen LogP) is 5.30. The van der Waals surface area contributed by atoms with Crippen LogP contribution < -0.4 is 11.1 Å². The lowest BCUT2D eigenvalue weighted by molar-refractivity contribution is -0.141. The van der Waals surface area contributed by atoms with E-state index in [0.29, 0.717) is 0 Å². The molecule has 0 fully saturated rings. The normalized spacial score (nSPS) is 11.3. The summed E-state index contributed by atoms with van der Waals surface area (Å²) in [7, 11) is 0. The van der Waals surface area contributed by atoms with Crippen LogP contribution in [-0.2, 0) is 6.18 Å². The number of benzene rings is 2. The number of nitrogens with one attached hydrogen (secondary N) is 1. The Hall–Kier alpha value is -2.84. The van der Waals surface area contributed by atoms with Crippen LogP contribution in [0.25, 0.3) is 11.4 Å². The number of amides is 1. The first-order valence-corrected chi connectivity index (χ1v) is 8.47. The number of halogens is 5. The molecular weight excluding hydrogens is 416 g/mol. The quantitative estimate of drug-likeness (QED) is 0.556. The van der Waals surface area contributed by atoms with Crippen LogP contribution in [0.5, 0.6) is 0 Å². The van der Waals surface area contributed by atoms with Gasteiger partial charge in [0.05, 0.1) is 5.56 Å². The van der Waals surface area contributed by atoms with Gasteiger partial charge >= 0.3 is 6.18 Å². The van der Waals surface area contributed by atoms with Crippen LogP contribution >= 0.6 is 23.2 Å². The van der Waals surface area contributed by atoms with Crippen LogP contribution in [0.2, 0.25) is 10.0 Å². The summed E-state index contributed by atoms with van der Waals surface area (Å²) in [5, 5.41) is 2.74. The lowest BCUT2D eigenvalue weighted by Crippen LogP contribution is -2.21. The number of nitrogen functional groups attached to an aromatic ring is 1. The highest BCUT2D eigenvalue weighted by Gasteiger charge is 2.38. The Labute approximate surface area is 167 Å². The number of aromatic nitrogens is 2. The summed E-state index contributed by atoms with van der Waals surface area (Å²) in [6.07, 6.45) is -4.08. The third-order valence-corrected chi connectivity index (χ3v) is 4.06. The van der Waals surface area contributed by atoms with E-state index >= 15 is 0 Å². The molecule has 0 saturated heterocycles. The number of rotatable bonds is 3. The molecule has 144 valence electrons. The van der Waals surface area contributed by atoms with Crippen molar-refractivity contribution >= 4 is 40.5 Å². The number of nitrogens with two attached hydrogens (primary N) is 1. The lowest BCUT2D eigenvalue weighted by atomic mass is 10.1. The number of nitrogens with zero attached hydrogens (tertiary/aromatic N) is 2. The van der Waals surface area contributed by atoms with Gasteiger partial charge in [-0.1, -0.05) is 35.3 Å². The second-order valence-electron chi connectivity index (χ2n) is 5.65. The summed E-state index contributed by atoms with van der Waals surface area (Å²) in [5.74, 6) is -1.30. The fourth-order valence-electron chi connectivity index (χ4n) is 2.42. The van der Waals surface area contributed by atoms with Gasteiger partial charge in [-0.05, 0) is 30.3 Å². The minimum absolute atomic E-state index is 0.131. The summed E-state index contributed by atoms with van der Waals surface area (Å²) in [6.45, 7) is 0. The molecule has 1 aromatic heterocycles. The molecule has 5 nitrogen and oxygen atoms in total. The molecule has 0 atom stereocenters. The highest BCUT2D eigenvalue weighted by atomic mass is 35.5. The Bertz CT molecular complexity index is 1040. The molecule has 0 unspecified atom stereocenters. The average Bonchev–Trinajstić information content (AvgIpc) is 2.60. The third-order valence-electron chi connectivity index (χ3n) is 3.62. The van der Waals surface area contributed by atoms with Crippen molar-refractivity contribution in [3.05, 3.63) is 70.0 Å². The SMILES string of the molecule is Nc1ccccc1-c1ncc(C(=O)Nc2cc(Cl)cc(Cl)c2)c(C(F)(F)F)n1. The number of para-hydroxylation sites is 1. The van der Waals surface area contributed by atoms with E-state index in [2.05, 4.69) is 15.3 Å². The number of anilines is 2. The van der Waals surface area contributed by atoms with E-state index in [9.17, 15) is 18.0 Å². The molecule has 28 heavy (non-hydrogen) atoms. The van der Waals surface area contributed by atoms with Gasteiger partial charge in [-0.15, -0.1) is 0 Å². The van der Waals surface area contributed by atoms with Crippen molar-refractivity contribution in [3.8, 4) is 11.4 Å². The summed E-state index contributed by atoms with van der Waals surface area (Å²) < 4.78 is 40.6. The first-order valence-electron chi connectivity index (χ1n) is 7.71. The molecule has 0 aliphatic carbocycles. The first kappa shape index (κ1) is 19.9. The zero-order valence-corrected chi connectivity index (χ0v) is 15.4. The van der Waals surface area contributed by atoms with Gasteiger partial charge in [0.15, 0.2) is 11.5 Å². The molecule has 1 heterocycles. The molecule has 0 aliphatic rings. The fraction of sp³-hybridized carbons (Fsp3) is 0.0556.